The van der Waals surface area contributed by atoms with E-state index in [1.54, 1.807) is 25.4 Å². The molecule has 0 spiro atoms. The first kappa shape index (κ1) is 9.98. The van der Waals surface area contributed by atoms with Gasteiger partial charge in [-0.3, -0.25) is 0 Å². The summed E-state index contributed by atoms with van der Waals surface area (Å²) in [6.07, 6.45) is 3.63. The maximum atomic E-state index is 9.91. The highest BCUT2D eigenvalue weighted by atomic mass is 16.5. The lowest BCUT2D eigenvalue weighted by molar-refractivity contribution is 0.118. The maximum Gasteiger partial charge on any atom is 0.212 e. The Morgan fingerprint density at radius 3 is 2.93 bits per heavy atom. The highest BCUT2D eigenvalue weighted by Crippen LogP contribution is 2.26. The number of nitrogens with zero attached hydrogens (tertiary/aromatic N) is 1. The van der Waals surface area contributed by atoms with Crippen molar-refractivity contribution in [3.05, 3.63) is 35.7 Å². The van der Waals surface area contributed by atoms with Crippen molar-refractivity contribution in [2.45, 2.75) is 12.5 Å². The molecule has 1 unspecified atom stereocenters. The standard InChI is InChI=1S/C11H13NO3/c1-14-10-5-4-8(7-12-10)11(13)9-3-2-6-15-9/h3-5,7,11,13H,2,6H2,1H3. The molecule has 0 saturated heterocycles. The second-order valence-corrected chi connectivity index (χ2v) is 3.28. The zero-order valence-corrected chi connectivity index (χ0v) is 8.51. The smallest absolute Gasteiger partial charge is 0.212 e. The number of hydrogen-bond donors (Lipinski definition) is 1. The van der Waals surface area contributed by atoms with Gasteiger partial charge in [-0.2, -0.15) is 0 Å². The molecule has 1 aromatic heterocycles. The van der Waals surface area contributed by atoms with Gasteiger partial charge in [0, 0.05) is 24.2 Å². The van der Waals surface area contributed by atoms with Crippen LogP contribution in [0.25, 0.3) is 0 Å². The third-order valence-corrected chi connectivity index (χ3v) is 2.29. The molecule has 0 aliphatic carbocycles. The lowest BCUT2D eigenvalue weighted by Crippen LogP contribution is -2.02. The molecule has 15 heavy (non-hydrogen) atoms. The Morgan fingerprint density at radius 2 is 2.40 bits per heavy atom. The molecule has 2 rings (SSSR count). The van der Waals surface area contributed by atoms with Crippen LogP contribution in [0.4, 0.5) is 0 Å². The molecule has 0 bridgehead atoms. The minimum absolute atomic E-state index is 0.535. The lowest BCUT2D eigenvalue weighted by Gasteiger charge is -2.12. The quantitative estimate of drug-likeness (QED) is 0.814. The summed E-state index contributed by atoms with van der Waals surface area (Å²) in [5.41, 5.74) is 0.712. The molecule has 4 heteroatoms. The van der Waals surface area contributed by atoms with Crippen molar-refractivity contribution in [2.75, 3.05) is 13.7 Å². The van der Waals surface area contributed by atoms with E-state index in [1.807, 2.05) is 6.08 Å². The molecule has 1 N–H and O–H groups in total. The van der Waals surface area contributed by atoms with Crippen LogP contribution in [0.5, 0.6) is 5.88 Å². The maximum absolute atomic E-state index is 9.91. The summed E-state index contributed by atoms with van der Waals surface area (Å²) in [5.74, 6) is 1.15. The van der Waals surface area contributed by atoms with E-state index in [4.69, 9.17) is 9.47 Å². The monoisotopic (exact) mass is 207 g/mol. The molecule has 1 aliphatic heterocycles. The first-order chi connectivity index (χ1) is 7.31. The van der Waals surface area contributed by atoms with Gasteiger partial charge < -0.3 is 14.6 Å². The average molecular weight is 207 g/mol. The number of ether oxygens (including phenoxy) is 2. The first-order valence-electron chi connectivity index (χ1n) is 4.82. The van der Waals surface area contributed by atoms with Crippen molar-refractivity contribution in [3.8, 4) is 5.88 Å². The summed E-state index contributed by atoms with van der Waals surface area (Å²) in [7, 11) is 1.56. The van der Waals surface area contributed by atoms with Gasteiger partial charge in [0.1, 0.15) is 11.9 Å². The minimum atomic E-state index is -0.717. The lowest BCUT2D eigenvalue weighted by atomic mass is 10.1. The Morgan fingerprint density at radius 1 is 1.53 bits per heavy atom. The molecule has 0 radical (unpaired) electrons. The van der Waals surface area contributed by atoms with Gasteiger partial charge in [-0.05, 0) is 12.1 Å². The zero-order valence-electron chi connectivity index (χ0n) is 8.51. The third-order valence-electron chi connectivity index (χ3n) is 2.29. The second kappa shape index (κ2) is 4.31. The highest BCUT2D eigenvalue weighted by Gasteiger charge is 2.18. The van der Waals surface area contributed by atoms with Crippen molar-refractivity contribution in [1.82, 2.24) is 4.98 Å². The van der Waals surface area contributed by atoms with Crippen LogP contribution in [0.3, 0.4) is 0 Å². The van der Waals surface area contributed by atoms with Crippen molar-refractivity contribution < 1.29 is 14.6 Å². The van der Waals surface area contributed by atoms with Crippen molar-refractivity contribution in [1.29, 1.82) is 0 Å². The highest BCUT2D eigenvalue weighted by molar-refractivity contribution is 5.25. The van der Waals surface area contributed by atoms with Gasteiger partial charge in [-0.15, -0.1) is 0 Å². The Labute approximate surface area is 88.2 Å². The van der Waals surface area contributed by atoms with Crippen LogP contribution in [0.1, 0.15) is 18.1 Å². The Balaban J connectivity index is 2.14. The number of aliphatic hydroxyl groups excluding tert-OH is 1. The van der Waals surface area contributed by atoms with E-state index < -0.39 is 6.10 Å². The van der Waals surface area contributed by atoms with E-state index in [0.29, 0.717) is 23.8 Å². The molecule has 1 aliphatic rings. The van der Waals surface area contributed by atoms with E-state index in [-0.39, 0.29) is 0 Å². The predicted octanol–water partition coefficient (Wildman–Crippen LogP) is 1.43. The normalized spacial score (nSPS) is 16.8. The molecule has 2 heterocycles. The number of aromatic nitrogens is 1. The molecule has 0 amide bonds. The number of hydrogen-bond acceptors (Lipinski definition) is 4. The summed E-state index contributed by atoms with van der Waals surface area (Å²) in [4.78, 5) is 4.02. The van der Waals surface area contributed by atoms with E-state index in [0.717, 1.165) is 6.42 Å². The molecule has 0 aromatic carbocycles. The Hall–Kier alpha value is -1.55. The van der Waals surface area contributed by atoms with Crippen molar-refractivity contribution >= 4 is 0 Å². The largest absolute Gasteiger partial charge is 0.495 e. The Bertz CT molecular complexity index is 359. The summed E-state index contributed by atoms with van der Waals surface area (Å²) in [5, 5.41) is 9.91. The van der Waals surface area contributed by atoms with Gasteiger partial charge in [0.25, 0.3) is 0 Å². The fourth-order valence-electron chi connectivity index (χ4n) is 1.47. The summed E-state index contributed by atoms with van der Waals surface area (Å²) in [6, 6.07) is 3.49. The van der Waals surface area contributed by atoms with E-state index in [2.05, 4.69) is 4.98 Å². The van der Waals surface area contributed by atoms with Gasteiger partial charge >= 0.3 is 0 Å². The van der Waals surface area contributed by atoms with Gasteiger partial charge in [-0.25, -0.2) is 4.98 Å². The molecule has 1 atom stereocenters. The Kier molecular flexibility index (Phi) is 2.87. The minimum Gasteiger partial charge on any atom is -0.495 e. The third kappa shape index (κ3) is 2.10. The number of pyridine rings is 1. The summed E-state index contributed by atoms with van der Waals surface area (Å²) < 4.78 is 10.2. The van der Waals surface area contributed by atoms with Crippen molar-refractivity contribution in [2.24, 2.45) is 0 Å². The van der Waals surface area contributed by atoms with Crippen LogP contribution in [-0.4, -0.2) is 23.8 Å². The average Bonchev–Trinajstić information content (AvgIpc) is 2.82. The van der Waals surface area contributed by atoms with E-state index in [1.165, 1.54) is 0 Å². The molecular formula is C11H13NO3. The number of aliphatic hydroxyl groups is 1. The second-order valence-electron chi connectivity index (χ2n) is 3.28. The van der Waals surface area contributed by atoms with Crippen molar-refractivity contribution in [3.63, 3.8) is 0 Å². The molecular weight excluding hydrogens is 194 g/mol. The number of rotatable bonds is 3. The van der Waals surface area contributed by atoms with Gasteiger partial charge in [0.05, 0.1) is 13.7 Å². The predicted molar refractivity (Wildman–Crippen MR) is 54.4 cm³/mol. The van der Waals surface area contributed by atoms with Gasteiger partial charge in [-0.1, -0.05) is 0 Å². The zero-order chi connectivity index (χ0) is 10.7. The molecule has 80 valence electrons. The van der Waals surface area contributed by atoms with Crippen LogP contribution in [0, 0.1) is 0 Å². The molecule has 0 fully saturated rings. The SMILES string of the molecule is COc1ccc(C(O)C2=CCCO2)cn1. The van der Waals surface area contributed by atoms with Crippen LogP contribution in [-0.2, 0) is 4.74 Å². The topological polar surface area (TPSA) is 51.6 Å². The van der Waals surface area contributed by atoms with E-state index in [9.17, 15) is 5.11 Å². The molecule has 1 aromatic rings. The fourth-order valence-corrected chi connectivity index (χ4v) is 1.47. The van der Waals surface area contributed by atoms with Gasteiger partial charge in [0.15, 0.2) is 0 Å². The summed E-state index contributed by atoms with van der Waals surface area (Å²) in [6.45, 7) is 0.649. The molecule has 4 nitrogen and oxygen atoms in total. The van der Waals surface area contributed by atoms with Crippen LogP contribution in [0.2, 0.25) is 0 Å². The van der Waals surface area contributed by atoms with Crippen LogP contribution >= 0.6 is 0 Å². The fraction of sp³-hybridized carbons (Fsp3) is 0.364. The first-order valence-corrected chi connectivity index (χ1v) is 4.82. The van der Waals surface area contributed by atoms with E-state index >= 15 is 0 Å². The summed E-state index contributed by atoms with van der Waals surface area (Å²) >= 11 is 0. The van der Waals surface area contributed by atoms with Crippen LogP contribution < -0.4 is 4.74 Å². The molecule has 0 saturated carbocycles. The number of methoxy groups -OCH3 is 1. The van der Waals surface area contributed by atoms with Crippen LogP contribution in [0.15, 0.2) is 30.2 Å². The van der Waals surface area contributed by atoms with Gasteiger partial charge in [0.2, 0.25) is 5.88 Å².